The van der Waals surface area contributed by atoms with Gasteiger partial charge in [0.05, 0.1) is 4.47 Å². The van der Waals surface area contributed by atoms with Crippen molar-refractivity contribution in [2.75, 3.05) is 6.54 Å². The maximum atomic E-state index is 5.91. The van der Waals surface area contributed by atoms with Crippen LogP contribution in [0, 0.1) is 3.57 Å². The van der Waals surface area contributed by atoms with Crippen LogP contribution in [0.5, 0.6) is 11.5 Å². The summed E-state index contributed by atoms with van der Waals surface area (Å²) in [4.78, 5) is 0. The Kier molecular flexibility index (Phi) is 5.86. The third kappa shape index (κ3) is 4.20. The minimum absolute atomic E-state index is 0.336. The Morgan fingerprint density at radius 2 is 2.05 bits per heavy atom. The maximum absolute atomic E-state index is 5.91. The monoisotopic (exact) mass is 445 g/mol. The first-order valence-electron chi connectivity index (χ1n) is 6.56. The molecule has 0 radical (unpaired) electrons. The van der Waals surface area contributed by atoms with Crippen LogP contribution in [0.1, 0.15) is 25.5 Å². The van der Waals surface area contributed by atoms with Crippen molar-refractivity contribution in [3.05, 3.63) is 56.1 Å². The van der Waals surface area contributed by atoms with Crippen LogP contribution in [0.15, 0.2) is 46.9 Å². The van der Waals surface area contributed by atoms with Crippen molar-refractivity contribution in [3.8, 4) is 11.5 Å². The second-order valence-corrected chi connectivity index (χ2v) is 6.63. The fraction of sp³-hybridized carbons (Fsp3) is 0.250. The molecule has 2 rings (SSSR count). The molecule has 1 atom stereocenters. The second-order valence-electron chi connectivity index (χ2n) is 4.53. The van der Waals surface area contributed by atoms with E-state index in [2.05, 4.69) is 69.8 Å². The summed E-state index contributed by atoms with van der Waals surface area (Å²) in [5, 5.41) is 3.40. The van der Waals surface area contributed by atoms with E-state index in [9.17, 15) is 0 Å². The molecule has 2 nitrogen and oxygen atoms in total. The zero-order valence-corrected chi connectivity index (χ0v) is 15.2. The van der Waals surface area contributed by atoms with E-state index in [4.69, 9.17) is 4.74 Å². The fourth-order valence-corrected chi connectivity index (χ4v) is 2.94. The van der Waals surface area contributed by atoms with Gasteiger partial charge in [-0.05, 0) is 87.9 Å². The number of ether oxygens (including phenoxy) is 1. The molecule has 20 heavy (non-hydrogen) atoms. The lowest BCUT2D eigenvalue weighted by molar-refractivity contribution is 0.478. The lowest BCUT2D eigenvalue weighted by atomic mass is 10.1. The fourth-order valence-electron chi connectivity index (χ4n) is 1.95. The summed E-state index contributed by atoms with van der Waals surface area (Å²) in [7, 11) is 0. The quantitative estimate of drug-likeness (QED) is 0.612. The highest BCUT2D eigenvalue weighted by atomic mass is 127. The van der Waals surface area contributed by atoms with Gasteiger partial charge in [0.2, 0.25) is 0 Å². The summed E-state index contributed by atoms with van der Waals surface area (Å²) in [5.41, 5.74) is 1.24. The molecule has 0 aliphatic heterocycles. The Morgan fingerprint density at radius 1 is 1.25 bits per heavy atom. The summed E-state index contributed by atoms with van der Waals surface area (Å²) in [6.07, 6.45) is 0. The van der Waals surface area contributed by atoms with Crippen molar-refractivity contribution in [1.29, 1.82) is 0 Å². The van der Waals surface area contributed by atoms with Gasteiger partial charge in [-0.2, -0.15) is 0 Å². The molecule has 0 aliphatic carbocycles. The molecule has 0 fully saturated rings. The lowest BCUT2D eigenvalue weighted by Gasteiger charge is -2.15. The third-order valence-electron chi connectivity index (χ3n) is 2.99. The molecule has 0 bridgehead atoms. The minimum atomic E-state index is 0.336. The Bertz CT molecular complexity index is 588. The molecule has 0 aromatic heterocycles. The highest BCUT2D eigenvalue weighted by Gasteiger charge is 2.08. The lowest BCUT2D eigenvalue weighted by Crippen LogP contribution is -2.17. The summed E-state index contributed by atoms with van der Waals surface area (Å²) < 4.78 is 8.04. The summed E-state index contributed by atoms with van der Waals surface area (Å²) in [5.74, 6) is 1.68. The highest BCUT2D eigenvalue weighted by molar-refractivity contribution is 14.1. The number of rotatable bonds is 5. The van der Waals surface area contributed by atoms with Gasteiger partial charge in [0, 0.05) is 9.61 Å². The van der Waals surface area contributed by atoms with Crippen molar-refractivity contribution >= 4 is 38.5 Å². The van der Waals surface area contributed by atoms with Crippen LogP contribution < -0.4 is 10.1 Å². The molecule has 0 aliphatic rings. The molecule has 0 saturated heterocycles. The van der Waals surface area contributed by atoms with E-state index in [0.29, 0.717) is 6.04 Å². The van der Waals surface area contributed by atoms with Crippen LogP contribution in [-0.4, -0.2) is 6.54 Å². The molecular formula is C16H17BrINO. The number of hydrogen-bond acceptors (Lipinski definition) is 2. The van der Waals surface area contributed by atoms with Crippen molar-refractivity contribution in [3.63, 3.8) is 0 Å². The van der Waals surface area contributed by atoms with Crippen LogP contribution in [0.4, 0.5) is 0 Å². The zero-order valence-electron chi connectivity index (χ0n) is 11.5. The highest BCUT2D eigenvalue weighted by Crippen LogP contribution is 2.32. The Balaban J connectivity index is 2.17. The van der Waals surface area contributed by atoms with Crippen molar-refractivity contribution < 1.29 is 4.74 Å². The van der Waals surface area contributed by atoms with Gasteiger partial charge in [-0.25, -0.2) is 0 Å². The average molecular weight is 446 g/mol. The second kappa shape index (κ2) is 7.43. The Hall–Kier alpha value is -0.590. The standard InChI is InChI=1S/C16H17BrINO/c1-3-19-11(2)12-7-8-16(15(17)9-12)20-14-6-4-5-13(18)10-14/h4-11,19H,3H2,1-2H3. The van der Waals surface area contributed by atoms with Gasteiger partial charge in [0.15, 0.2) is 0 Å². The third-order valence-corrected chi connectivity index (χ3v) is 4.28. The number of hydrogen-bond donors (Lipinski definition) is 1. The number of benzene rings is 2. The first-order valence-corrected chi connectivity index (χ1v) is 8.43. The van der Waals surface area contributed by atoms with E-state index in [1.54, 1.807) is 0 Å². The van der Waals surface area contributed by atoms with E-state index in [-0.39, 0.29) is 0 Å². The van der Waals surface area contributed by atoms with Crippen LogP contribution in [-0.2, 0) is 0 Å². The molecule has 4 heteroatoms. The molecule has 0 heterocycles. The first-order chi connectivity index (χ1) is 9.60. The molecule has 106 valence electrons. The molecule has 0 saturated carbocycles. The van der Waals surface area contributed by atoms with Gasteiger partial charge in [0.1, 0.15) is 11.5 Å². The largest absolute Gasteiger partial charge is 0.456 e. The number of nitrogens with one attached hydrogen (secondary N) is 1. The maximum Gasteiger partial charge on any atom is 0.141 e. The van der Waals surface area contributed by atoms with E-state index in [1.807, 2.05) is 30.3 Å². The van der Waals surface area contributed by atoms with Crippen molar-refractivity contribution in [2.45, 2.75) is 19.9 Å². The van der Waals surface area contributed by atoms with Crippen LogP contribution in [0.3, 0.4) is 0 Å². The summed E-state index contributed by atoms with van der Waals surface area (Å²) in [6.45, 7) is 5.23. The molecule has 0 spiro atoms. The van der Waals surface area contributed by atoms with Gasteiger partial charge < -0.3 is 10.1 Å². The smallest absolute Gasteiger partial charge is 0.141 e. The van der Waals surface area contributed by atoms with Gasteiger partial charge in [-0.15, -0.1) is 0 Å². The van der Waals surface area contributed by atoms with Gasteiger partial charge in [-0.1, -0.05) is 19.1 Å². The topological polar surface area (TPSA) is 21.3 Å². The molecule has 2 aromatic carbocycles. The minimum Gasteiger partial charge on any atom is -0.456 e. The first kappa shape index (κ1) is 15.8. The van der Waals surface area contributed by atoms with Gasteiger partial charge in [-0.3, -0.25) is 0 Å². The van der Waals surface area contributed by atoms with Gasteiger partial charge in [0.25, 0.3) is 0 Å². The Morgan fingerprint density at radius 3 is 2.70 bits per heavy atom. The van der Waals surface area contributed by atoms with E-state index < -0.39 is 0 Å². The van der Waals surface area contributed by atoms with Crippen LogP contribution >= 0.6 is 38.5 Å². The predicted octanol–water partition coefficient (Wildman–Crippen LogP) is 5.52. The molecule has 1 N–H and O–H groups in total. The van der Waals surface area contributed by atoms with Crippen molar-refractivity contribution in [2.24, 2.45) is 0 Å². The predicted molar refractivity (Wildman–Crippen MR) is 95.5 cm³/mol. The molecule has 2 aromatic rings. The Labute approximate surface area is 142 Å². The molecule has 0 amide bonds. The van der Waals surface area contributed by atoms with Crippen LogP contribution in [0.2, 0.25) is 0 Å². The SMILES string of the molecule is CCNC(C)c1ccc(Oc2cccc(I)c2)c(Br)c1. The summed E-state index contributed by atoms with van der Waals surface area (Å²) in [6, 6.07) is 14.6. The van der Waals surface area contributed by atoms with E-state index in [0.717, 1.165) is 26.1 Å². The zero-order chi connectivity index (χ0) is 14.5. The molecular weight excluding hydrogens is 429 g/mol. The van der Waals surface area contributed by atoms with Gasteiger partial charge >= 0.3 is 0 Å². The van der Waals surface area contributed by atoms with E-state index >= 15 is 0 Å². The van der Waals surface area contributed by atoms with E-state index in [1.165, 1.54) is 5.56 Å². The normalized spacial score (nSPS) is 12.2. The summed E-state index contributed by atoms with van der Waals surface area (Å²) >= 11 is 5.87. The number of halogens is 2. The van der Waals surface area contributed by atoms with Crippen molar-refractivity contribution in [1.82, 2.24) is 5.32 Å². The molecule has 1 unspecified atom stereocenters. The average Bonchev–Trinajstić information content (AvgIpc) is 2.41. The van der Waals surface area contributed by atoms with Crippen LogP contribution in [0.25, 0.3) is 0 Å².